The number of halogens is 2. The van der Waals surface area contributed by atoms with Crippen LogP contribution < -0.4 is 4.90 Å². The number of nitrogens with zero attached hydrogens (tertiary/aromatic N) is 3. The fourth-order valence-electron chi connectivity index (χ4n) is 3.28. The van der Waals surface area contributed by atoms with E-state index in [2.05, 4.69) is 5.10 Å². The van der Waals surface area contributed by atoms with Gasteiger partial charge in [0.15, 0.2) is 16.5 Å². The highest BCUT2D eigenvalue weighted by atomic mass is 35.5. The van der Waals surface area contributed by atoms with Crippen molar-refractivity contribution in [1.82, 2.24) is 14.3 Å². The van der Waals surface area contributed by atoms with Crippen LogP contribution in [0.3, 0.4) is 0 Å². The molecule has 0 bridgehead atoms. The van der Waals surface area contributed by atoms with E-state index in [4.69, 9.17) is 23.8 Å². The first-order valence-electron chi connectivity index (χ1n) is 8.26. The molecule has 2 heterocycles. The first kappa shape index (κ1) is 19.5. The van der Waals surface area contributed by atoms with Crippen LogP contribution >= 0.6 is 23.8 Å². The van der Waals surface area contributed by atoms with Crippen molar-refractivity contribution in [2.45, 2.75) is 25.6 Å². The summed E-state index contributed by atoms with van der Waals surface area (Å²) in [6.07, 6.45) is 0.565. The lowest BCUT2D eigenvalue weighted by molar-refractivity contribution is -0.917. The van der Waals surface area contributed by atoms with Gasteiger partial charge in [-0.3, -0.25) is 0 Å². The molecule has 1 N–H and O–H groups in total. The van der Waals surface area contributed by atoms with Crippen LogP contribution in [-0.2, 0) is 30.1 Å². The minimum atomic E-state index is -3.00. The summed E-state index contributed by atoms with van der Waals surface area (Å²) in [4.78, 5) is 0.955. The number of nitrogens with one attached hydrogen (secondary N) is 1. The summed E-state index contributed by atoms with van der Waals surface area (Å²) in [6, 6.07) is 4.63. The predicted molar refractivity (Wildman–Crippen MR) is 100 cm³/mol. The number of aromatic nitrogens is 3. The van der Waals surface area contributed by atoms with Gasteiger partial charge in [-0.2, -0.15) is 9.78 Å². The van der Waals surface area contributed by atoms with Crippen LogP contribution in [0.4, 0.5) is 4.39 Å². The minimum Gasteiger partial charge on any atom is -0.315 e. The molecule has 0 aliphatic carbocycles. The van der Waals surface area contributed by atoms with Crippen LogP contribution in [0.25, 0.3) is 0 Å². The fourth-order valence-corrected chi connectivity index (χ4v) is 5.44. The van der Waals surface area contributed by atoms with Gasteiger partial charge in [0.1, 0.15) is 18.2 Å². The Labute approximate surface area is 162 Å². The van der Waals surface area contributed by atoms with Crippen molar-refractivity contribution in [2.75, 3.05) is 18.6 Å². The Morgan fingerprint density at radius 2 is 2.19 bits per heavy atom. The molecule has 10 heteroatoms. The average molecular weight is 420 g/mol. The van der Waals surface area contributed by atoms with Gasteiger partial charge in [0.25, 0.3) is 0 Å². The summed E-state index contributed by atoms with van der Waals surface area (Å²) >= 11 is 11.5. The molecule has 0 saturated carbocycles. The lowest BCUT2D eigenvalue weighted by Gasteiger charge is -2.15. The van der Waals surface area contributed by atoms with Crippen molar-refractivity contribution >= 4 is 33.7 Å². The van der Waals surface area contributed by atoms with Gasteiger partial charge in [-0.1, -0.05) is 17.7 Å². The SMILES string of the molecule is Cn1c([C@@H]2CCS(=O)(=O)C2)nn(C[NH+](C)Cc2c(F)cccc2Cl)c1=S. The standard InChI is InChI=1S/C16H20ClFN4O2S2/c1-20(8-12-13(17)4-3-5-14(12)18)10-22-16(25)21(2)15(19-22)11-6-7-26(23,24)9-11/h3-5,11H,6-10H2,1-2H3/p+1/t11-/m1/s1. The largest absolute Gasteiger partial charge is 0.315 e. The van der Waals surface area contributed by atoms with Gasteiger partial charge < -0.3 is 9.47 Å². The van der Waals surface area contributed by atoms with Gasteiger partial charge in [-0.05, 0) is 30.8 Å². The highest BCUT2D eigenvalue weighted by Gasteiger charge is 2.32. The van der Waals surface area contributed by atoms with Crippen molar-refractivity contribution in [3.63, 3.8) is 0 Å². The molecule has 1 fully saturated rings. The Balaban J connectivity index is 1.78. The monoisotopic (exact) mass is 419 g/mol. The van der Waals surface area contributed by atoms with Gasteiger partial charge in [-0.15, -0.1) is 0 Å². The molecule has 1 unspecified atom stereocenters. The zero-order valence-corrected chi connectivity index (χ0v) is 17.0. The van der Waals surface area contributed by atoms with E-state index in [0.29, 0.717) is 40.8 Å². The van der Waals surface area contributed by atoms with Gasteiger partial charge >= 0.3 is 0 Å². The molecule has 6 nitrogen and oxygen atoms in total. The Morgan fingerprint density at radius 3 is 2.81 bits per heavy atom. The number of rotatable bonds is 5. The Bertz CT molecular complexity index is 966. The van der Waals surface area contributed by atoms with E-state index in [1.165, 1.54) is 6.07 Å². The van der Waals surface area contributed by atoms with Gasteiger partial charge in [0.05, 0.1) is 29.1 Å². The van der Waals surface area contributed by atoms with Crippen LogP contribution in [0.1, 0.15) is 23.7 Å². The number of hydrogen-bond acceptors (Lipinski definition) is 4. The molecule has 1 aliphatic heterocycles. The summed E-state index contributed by atoms with van der Waals surface area (Å²) in [7, 11) is 0.707. The summed E-state index contributed by atoms with van der Waals surface area (Å²) in [6.45, 7) is 0.813. The molecule has 0 amide bonds. The van der Waals surface area contributed by atoms with E-state index in [1.54, 1.807) is 28.4 Å². The highest BCUT2D eigenvalue weighted by Crippen LogP contribution is 2.27. The predicted octanol–water partition coefficient (Wildman–Crippen LogP) is 1.32. The molecule has 2 atom stereocenters. The van der Waals surface area contributed by atoms with E-state index in [-0.39, 0.29) is 23.2 Å². The molecular weight excluding hydrogens is 399 g/mol. The third-order valence-corrected chi connectivity index (χ3v) is 7.24. The maximum Gasteiger partial charge on any atom is 0.202 e. The molecule has 0 spiro atoms. The zero-order chi connectivity index (χ0) is 19.1. The van der Waals surface area contributed by atoms with Crippen LogP contribution in [0.2, 0.25) is 5.02 Å². The van der Waals surface area contributed by atoms with Crippen LogP contribution in [0.15, 0.2) is 18.2 Å². The first-order chi connectivity index (χ1) is 12.2. The summed E-state index contributed by atoms with van der Waals surface area (Å²) in [5.74, 6) is 0.523. The quantitative estimate of drug-likeness (QED) is 0.742. The van der Waals surface area contributed by atoms with E-state index in [0.717, 1.165) is 4.90 Å². The van der Waals surface area contributed by atoms with Crippen LogP contribution in [0, 0.1) is 10.6 Å². The van der Waals surface area contributed by atoms with Crippen molar-refractivity contribution < 1.29 is 17.7 Å². The summed E-state index contributed by atoms with van der Waals surface area (Å²) in [5.41, 5.74) is 0.455. The number of sulfone groups is 1. The normalized spacial score (nSPS) is 20.4. The number of hydrogen-bond donors (Lipinski definition) is 1. The van der Waals surface area contributed by atoms with Gasteiger partial charge in [0, 0.05) is 13.0 Å². The third kappa shape index (κ3) is 4.00. The second-order valence-electron chi connectivity index (χ2n) is 6.79. The van der Waals surface area contributed by atoms with Crippen LogP contribution in [0.5, 0.6) is 0 Å². The molecule has 1 aromatic heterocycles. The first-order valence-corrected chi connectivity index (χ1v) is 10.9. The molecule has 1 aromatic carbocycles. The molecule has 2 aromatic rings. The molecule has 1 saturated heterocycles. The Kier molecular flexibility index (Phi) is 5.53. The van der Waals surface area contributed by atoms with Crippen molar-refractivity contribution in [1.29, 1.82) is 0 Å². The maximum atomic E-state index is 14.0. The zero-order valence-electron chi connectivity index (χ0n) is 14.6. The fraction of sp³-hybridized carbons (Fsp3) is 0.500. The third-order valence-electron chi connectivity index (χ3n) is 4.63. The van der Waals surface area contributed by atoms with E-state index >= 15 is 0 Å². The topological polar surface area (TPSA) is 61.3 Å². The van der Waals surface area contributed by atoms with Gasteiger partial charge in [-0.25, -0.2) is 12.8 Å². The van der Waals surface area contributed by atoms with Crippen molar-refractivity contribution in [3.05, 3.63) is 45.2 Å². The minimum absolute atomic E-state index is 0.111. The van der Waals surface area contributed by atoms with Gasteiger partial charge in [0.2, 0.25) is 4.77 Å². The van der Waals surface area contributed by atoms with E-state index < -0.39 is 9.84 Å². The second kappa shape index (κ2) is 7.38. The van der Waals surface area contributed by atoms with Crippen molar-refractivity contribution in [2.24, 2.45) is 7.05 Å². The summed E-state index contributed by atoms with van der Waals surface area (Å²) < 4.78 is 41.4. The smallest absolute Gasteiger partial charge is 0.202 e. The summed E-state index contributed by atoms with van der Waals surface area (Å²) in [5, 5.41) is 4.94. The highest BCUT2D eigenvalue weighted by molar-refractivity contribution is 7.91. The molecule has 3 rings (SSSR count). The number of quaternary nitrogens is 1. The van der Waals surface area contributed by atoms with E-state index in [1.807, 2.05) is 7.05 Å². The number of benzene rings is 1. The second-order valence-corrected chi connectivity index (χ2v) is 9.79. The molecular formula is C16H21ClFN4O2S2+. The molecule has 142 valence electrons. The average Bonchev–Trinajstić information content (AvgIpc) is 3.05. The maximum absolute atomic E-state index is 14.0. The Hall–Kier alpha value is -1.29. The molecule has 0 radical (unpaired) electrons. The lowest BCUT2D eigenvalue weighted by Crippen LogP contribution is -3.07. The van der Waals surface area contributed by atoms with Crippen LogP contribution in [-0.4, -0.2) is 41.3 Å². The van der Waals surface area contributed by atoms with E-state index in [9.17, 15) is 12.8 Å². The molecule has 26 heavy (non-hydrogen) atoms. The lowest BCUT2D eigenvalue weighted by atomic mass is 10.1. The van der Waals surface area contributed by atoms with Crippen molar-refractivity contribution in [3.8, 4) is 0 Å². The Morgan fingerprint density at radius 1 is 1.46 bits per heavy atom. The molecule has 1 aliphatic rings.